The van der Waals surface area contributed by atoms with Gasteiger partial charge in [-0.25, -0.2) is 9.78 Å². The van der Waals surface area contributed by atoms with Crippen LogP contribution in [0.3, 0.4) is 0 Å². The summed E-state index contributed by atoms with van der Waals surface area (Å²) in [6.07, 6.45) is 1.11. The van der Waals surface area contributed by atoms with Crippen molar-refractivity contribution >= 4 is 35.0 Å². The monoisotopic (exact) mass is 408 g/mol. The van der Waals surface area contributed by atoms with Gasteiger partial charge in [-0.05, 0) is 31.7 Å². The maximum Gasteiger partial charge on any atom is 0.336 e. The zero-order valence-electron chi connectivity index (χ0n) is 15.8. The Morgan fingerprint density at radius 2 is 2.04 bits per heavy atom. The zero-order chi connectivity index (χ0) is 19.9. The molecule has 0 aromatic carbocycles. The lowest BCUT2D eigenvalue weighted by atomic mass is 9.69. The van der Waals surface area contributed by atoms with E-state index in [1.807, 2.05) is 6.92 Å². The molecular weight excluding hydrogens is 387 g/mol. The number of ketones is 1. The quantitative estimate of drug-likeness (QED) is 0.586. The Morgan fingerprint density at radius 1 is 1.33 bits per heavy atom. The minimum atomic E-state index is -0.624. The number of nitrogens with zero attached hydrogens (tertiary/aromatic N) is 1. The van der Waals surface area contributed by atoms with Gasteiger partial charge in [-0.15, -0.1) is 0 Å². The fourth-order valence-electron chi connectivity index (χ4n) is 3.86. The summed E-state index contributed by atoms with van der Waals surface area (Å²) in [5, 5.41) is 3.70. The summed E-state index contributed by atoms with van der Waals surface area (Å²) in [5.74, 6) is -1.09. The molecule has 2 heterocycles. The molecule has 27 heavy (non-hydrogen) atoms. The Kier molecular flexibility index (Phi) is 5.37. The summed E-state index contributed by atoms with van der Waals surface area (Å²) >= 11 is 12.3. The van der Waals surface area contributed by atoms with Gasteiger partial charge in [0.25, 0.3) is 0 Å². The number of carbonyl (C=O) groups excluding carboxylic acids is 2. The fraction of sp³-hybridized carbons (Fsp3) is 0.450. The number of carbonyl (C=O) groups is 2. The molecule has 0 unspecified atom stereocenters. The van der Waals surface area contributed by atoms with Crippen LogP contribution in [0.5, 0.6) is 0 Å². The number of hydrogen-bond donors (Lipinski definition) is 1. The van der Waals surface area contributed by atoms with E-state index in [1.54, 1.807) is 19.1 Å². The van der Waals surface area contributed by atoms with E-state index < -0.39 is 11.9 Å². The van der Waals surface area contributed by atoms with Crippen molar-refractivity contribution in [2.24, 2.45) is 5.41 Å². The number of nitrogens with one attached hydrogen (secondary N) is 1. The molecule has 1 aliphatic carbocycles. The van der Waals surface area contributed by atoms with Crippen molar-refractivity contribution in [1.82, 2.24) is 10.3 Å². The molecule has 0 saturated heterocycles. The molecule has 1 aliphatic heterocycles. The summed E-state index contributed by atoms with van der Waals surface area (Å²) in [5.41, 5.74) is 2.86. The average molecular weight is 409 g/mol. The first-order valence-electron chi connectivity index (χ1n) is 8.87. The molecule has 0 saturated carbocycles. The molecule has 3 rings (SSSR count). The number of esters is 1. The maximum absolute atomic E-state index is 13.1. The highest BCUT2D eigenvalue weighted by Gasteiger charge is 2.43. The predicted molar refractivity (Wildman–Crippen MR) is 105 cm³/mol. The largest absolute Gasteiger partial charge is 0.463 e. The lowest BCUT2D eigenvalue weighted by Gasteiger charge is -2.39. The molecule has 1 atom stereocenters. The summed E-state index contributed by atoms with van der Waals surface area (Å²) in [6, 6.07) is 3.33. The Morgan fingerprint density at radius 3 is 2.67 bits per heavy atom. The summed E-state index contributed by atoms with van der Waals surface area (Å²) in [6.45, 7) is 7.91. The van der Waals surface area contributed by atoms with Crippen LogP contribution in [-0.2, 0) is 14.3 Å². The Hall–Kier alpha value is -1.85. The van der Waals surface area contributed by atoms with Crippen LogP contribution in [0.4, 0.5) is 0 Å². The Balaban J connectivity index is 2.22. The minimum Gasteiger partial charge on any atom is -0.463 e. The van der Waals surface area contributed by atoms with Crippen molar-refractivity contribution in [2.75, 3.05) is 6.61 Å². The van der Waals surface area contributed by atoms with E-state index in [9.17, 15) is 9.59 Å². The van der Waals surface area contributed by atoms with Crippen LogP contribution >= 0.6 is 23.2 Å². The smallest absolute Gasteiger partial charge is 0.336 e. The highest BCUT2D eigenvalue weighted by Crippen LogP contribution is 2.47. The van der Waals surface area contributed by atoms with E-state index in [4.69, 9.17) is 27.9 Å². The van der Waals surface area contributed by atoms with Gasteiger partial charge in [0.2, 0.25) is 0 Å². The first-order valence-corrected chi connectivity index (χ1v) is 9.63. The van der Waals surface area contributed by atoms with Crippen LogP contribution in [0.25, 0.3) is 0 Å². The second-order valence-corrected chi connectivity index (χ2v) is 8.41. The van der Waals surface area contributed by atoms with E-state index in [0.717, 1.165) is 5.70 Å². The van der Waals surface area contributed by atoms with Gasteiger partial charge in [0, 0.05) is 29.0 Å². The van der Waals surface area contributed by atoms with Crippen LogP contribution in [0.1, 0.15) is 52.0 Å². The Bertz CT molecular complexity index is 887. The van der Waals surface area contributed by atoms with Crippen molar-refractivity contribution in [3.63, 3.8) is 0 Å². The lowest BCUT2D eigenvalue weighted by molar-refractivity contribution is -0.138. The van der Waals surface area contributed by atoms with Crippen LogP contribution in [-0.4, -0.2) is 23.3 Å². The first kappa shape index (κ1) is 19.9. The van der Waals surface area contributed by atoms with E-state index in [0.29, 0.717) is 35.2 Å². The van der Waals surface area contributed by atoms with Crippen LogP contribution in [0.2, 0.25) is 10.3 Å². The highest BCUT2D eigenvalue weighted by atomic mass is 35.5. The Labute approximate surface area is 168 Å². The predicted octanol–water partition coefficient (Wildman–Crippen LogP) is 4.56. The van der Waals surface area contributed by atoms with E-state index in [2.05, 4.69) is 24.1 Å². The van der Waals surface area contributed by atoms with Gasteiger partial charge in [-0.2, -0.15) is 0 Å². The lowest BCUT2D eigenvalue weighted by Crippen LogP contribution is -2.38. The number of aromatic nitrogens is 1. The third kappa shape index (κ3) is 3.76. The van der Waals surface area contributed by atoms with E-state index in [-0.39, 0.29) is 28.1 Å². The van der Waals surface area contributed by atoms with E-state index >= 15 is 0 Å². The first-order chi connectivity index (χ1) is 12.6. The number of hydrogen-bond acceptors (Lipinski definition) is 5. The fourth-order valence-corrected chi connectivity index (χ4v) is 4.32. The highest BCUT2D eigenvalue weighted by molar-refractivity contribution is 6.33. The molecule has 5 nitrogen and oxygen atoms in total. The molecule has 0 spiro atoms. The number of halogens is 2. The van der Waals surface area contributed by atoms with Crippen molar-refractivity contribution in [3.8, 4) is 0 Å². The third-order valence-corrected chi connectivity index (χ3v) is 5.40. The van der Waals surface area contributed by atoms with Crippen molar-refractivity contribution < 1.29 is 14.3 Å². The number of rotatable bonds is 3. The standard InChI is InChI=1S/C20H22Cl2N2O3/c1-5-27-19(26)15-10(2)23-12-8-20(3,4)9-13(25)17(12)16(15)11-6-7-14(21)24-18(11)22/h6-7,16,23H,5,8-9H2,1-4H3/t16-/m0/s1. The average Bonchev–Trinajstić information content (AvgIpc) is 2.52. The number of allylic oxidation sites excluding steroid dienone is 3. The third-order valence-electron chi connectivity index (χ3n) is 4.89. The SMILES string of the molecule is CCOC(=O)C1=C(C)NC2=C(C(=O)CC(C)(C)C2)[C@H]1c1ccc(Cl)nc1Cl. The van der Waals surface area contributed by atoms with Gasteiger partial charge < -0.3 is 10.1 Å². The number of ether oxygens (including phenoxy) is 1. The van der Waals surface area contributed by atoms with Crippen LogP contribution in [0.15, 0.2) is 34.7 Å². The second-order valence-electron chi connectivity index (χ2n) is 7.66. The maximum atomic E-state index is 13.1. The molecule has 2 aliphatic rings. The second kappa shape index (κ2) is 7.28. The molecule has 144 valence electrons. The molecule has 1 aromatic heterocycles. The molecule has 0 amide bonds. The van der Waals surface area contributed by atoms with Gasteiger partial charge in [0.15, 0.2) is 5.78 Å². The van der Waals surface area contributed by atoms with Gasteiger partial charge in [0.1, 0.15) is 10.3 Å². The molecule has 0 fully saturated rings. The van der Waals surface area contributed by atoms with Crippen molar-refractivity contribution in [1.29, 1.82) is 0 Å². The number of pyridine rings is 1. The topological polar surface area (TPSA) is 68.3 Å². The van der Waals surface area contributed by atoms with Gasteiger partial charge in [-0.3, -0.25) is 4.79 Å². The molecule has 1 N–H and O–H groups in total. The van der Waals surface area contributed by atoms with E-state index in [1.165, 1.54) is 0 Å². The van der Waals surface area contributed by atoms with Crippen molar-refractivity contribution in [2.45, 2.75) is 46.5 Å². The number of Topliss-reactive ketones (excluding diaryl/α,β-unsaturated/α-hetero) is 1. The number of dihydropyridines is 1. The summed E-state index contributed by atoms with van der Waals surface area (Å²) in [7, 11) is 0. The molecule has 0 bridgehead atoms. The molecule has 0 radical (unpaired) electrons. The van der Waals surface area contributed by atoms with Gasteiger partial charge in [-0.1, -0.05) is 43.1 Å². The van der Waals surface area contributed by atoms with Crippen LogP contribution in [0, 0.1) is 5.41 Å². The summed E-state index contributed by atoms with van der Waals surface area (Å²) < 4.78 is 5.26. The molecule has 1 aromatic rings. The molecular formula is C20H22Cl2N2O3. The van der Waals surface area contributed by atoms with Crippen molar-refractivity contribution in [3.05, 3.63) is 50.5 Å². The normalized spacial score (nSPS) is 21.7. The van der Waals surface area contributed by atoms with Crippen LogP contribution < -0.4 is 5.32 Å². The summed E-state index contributed by atoms with van der Waals surface area (Å²) in [4.78, 5) is 29.9. The zero-order valence-corrected chi connectivity index (χ0v) is 17.3. The molecule has 7 heteroatoms. The minimum absolute atomic E-state index is 0.000866. The van der Waals surface area contributed by atoms with Gasteiger partial charge in [0.05, 0.1) is 18.1 Å². The van der Waals surface area contributed by atoms with Gasteiger partial charge >= 0.3 is 5.97 Å².